The molecule has 1 amide bonds. The van der Waals surface area contributed by atoms with E-state index in [2.05, 4.69) is 60.0 Å². The van der Waals surface area contributed by atoms with Crippen LogP contribution < -0.4 is 14.5 Å². The molecule has 30 heavy (non-hydrogen) atoms. The maximum atomic E-state index is 11.3. The lowest BCUT2D eigenvalue weighted by molar-refractivity contribution is -0.698. The molecule has 0 aliphatic rings. The molecule has 1 atom stereocenters. The van der Waals surface area contributed by atoms with E-state index in [-0.39, 0.29) is 19.1 Å². The third-order valence-electron chi connectivity index (χ3n) is 4.51. The lowest BCUT2D eigenvalue weighted by Gasteiger charge is -2.11. The Kier molecular flexibility index (Phi) is 10.1. The van der Waals surface area contributed by atoms with Gasteiger partial charge in [-0.2, -0.15) is 0 Å². The maximum absolute atomic E-state index is 11.3. The molecule has 1 unspecified atom stereocenters. The van der Waals surface area contributed by atoms with Gasteiger partial charge < -0.3 is 19.9 Å². The molecule has 0 aliphatic heterocycles. The molecule has 2 N–H and O–H groups in total. The molecule has 2 rings (SSSR count). The molecule has 0 saturated heterocycles. The van der Waals surface area contributed by atoms with Crippen molar-refractivity contribution in [2.24, 2.45) is 0 Å². The van der Waals surface area contributed by atoms with Crippen LogP contribution in [-0.4, -0.2) is 50.1 Å². The first kappa shape index (κ1) is 23.7. The summed E-state index contributed by atoms with van der Waals surface area (Å²) in [4.78, 5) is 11.3. The predicted octanol–water partition coefficient (Wildman–Crippen LogP) is 1.03. The average Bonchev–Trinajstić information content (AvgIpc) is 2.76. The van der Waals surface area contributed by atoms with Gasteiger partial charge in [0.25, 0.3) is 0 Å². The van der Waals surface area contributed by atoms with E-state index in [0.717, 1.165) is 6.54 Å². The number of carbonyl (C=O) groups excluding carboxylic acids is 1. The summed E-state index contributed by atoms with van der Waals surface area (Å²) in [6, 6.07) is 8.40. The summed E-state index contributed by atoms with van der Waals surface area (Å²) >= 11 is 0. The van der Waals surface area contributed by atoms with Crippen LogP contribution >= 0.6 is 0 Å². The van der Waals surface area contributed by atoms with E-state index in [0.29, 0.717) is 31.9 Å². The standard InChI is InChI=1S/C23H32N3O4/c1-4-25-10-5-20(6-11-25)21-7-12-26(13-8-21)14-16-30-18-22(27)17-29-15-9-24-23(28)19(2)3/h5-8,10-13,22,27H,2,4,9,14-18H2,1,3H3/q+1/p+1. The van der Waals surface area contributed by atoms with Gasteiger partial charge in [0.15, 0.2) is 31.3 Å². The van der Waals surface area contributed by atoms with Gasteiger partial charge in [0.1, 0.15) is 19.3 Å². The van der Waals surface area contributed by atoms with E-state index in [1.165, 1.54) is 11.1 Å². The summed E-state index contributed by atoms with van der Waals surface area (Å²) in [5.74, 6) is -0.193. The van der Waals surface area contributed by atoms with Crippen molar-refractivity contribution >= 4 is 5.91 Å². The summed E-state index contributed by atoms with van der Waals surface area (Å²) in [5.41, 5.74) is 2.81. The second-order valence-corrected chi connectivity index (χ2v) is 7.08. The second-order valence-electron chi connectivity index (χ2n) is 7.08. The number of carbonyl (C=O) groups is 1. The van der Waals surface area contributed by atoms with E-state index in [1.807, 2.05) is 17.0 Å². The molecule has 7 heteroatoms. The molecule has 0 radical (unpaired) electrons. The number of hydrogen-bond donors (Lipinski definition) is 2. The van der Waals surface area contributed by atoms with Gasteiger partial charge in [0.05, 0.1) is 19.8 Å². The van der Waals surface area contributed by atoms with Crippen molar-refractivity contribution in [2.45, 2.75) is 33.0 Å². The molecular formula is C23H33N3O4+2. The van der Waals surface area contributed by atoms with Crippen LogP contribution in [0, 0.1) is 0 Å². The van der Waals surface area contributed by atoms with Gasteiger partial charge in [-0.1, -0.05) is 6.58 Å². The number of hydrogen-bond acceptors (Lipinski definition) is 4. The third kappa shape index (κ3) is 8.41. The molecular weight excluding hydrogens is 382 g/mol. The number of nitrogens with zero attached hydrogens (tertiary/aromatic N) is 2. The minimum atomic E-state index is -0.696. The Labute approximate surface area is 178 Å². The zero-order valence-electron chi connectivity index (χ0n) is 17.9. The Morgan fingerprint density at radius 1 is 1.03 bits per heavy atom. The molecule has 0 aliphatic carbocycles. The SMILES string of the molecule is C=C(C)C(=O)NCCOCC(O)COCC[n+]1ccc(-c2cc[n+](CC)cc2)cc1. The fourth-order valence-corrected chi connectivity index (χ4v) is 2.70. The lowest BCUT2D eigenvalue weighted by atomic mass is 10.1. The summed E-state index contributed by atoms with van der Waals surface area (Å²) in [6.07, 6.45) is 7.52. The molecule has 2 heterocycles. The molecule has 0 saturated carbocycles. The Morgan fingerprint density at radius 3 is 2.10 bits per heavy atom. The van der Waals surface area contributed by atoms with Crippen molar-refractivity contribution in [2.75, 3.05) is 33.0 Å². The molecule has 0 aromatic carbocycles. The van der Waals surface area contributed by atoms with Crippen molar-refractivity contribution in [3.05, 3.63) is 61.2 Å². The number of pyridine rings is 2. The zero-order chi connectivity index (χ0) is 21.8. The average molecular weight is 416 g/mol. The molecule has 162 valence electrons. The fourth-order valence-electron chi connectivity index (χ4n) is 2.70. The van der Waals surface area contributed by atoms with Crippen LogP contribution in [0.2, 0.25) is 0 Å². The lowest BCUT2D eigenvalue weighted by Crippen LogP contribution is -2.36. The zero-order valence-corrected chi connectivity index (χ0v) is 17.9. The minimum Gasteiger partial charge on any atom is -0.388 e. The smallest absolute Gasteiger partial charge is 0.246 e. The fraction of sp³-hybridized carbons (Fsp3) is 0.435. The molecule has 0 spiro atoms. The van der Waals surface area contributed by atoms with Gasteiger partial charge in [-0.3, -0.25) is 4.79 Å². The van der Waals surface area contributed by atoms with Crippen LogP contribution in [0.3, 0.4) is 0 Å². The normalized spacial score (nSPS) is 11.8. The topological polar surface area (TPSA) is 75.5 Å². The number of aryl methyl sites for hydroxylation is 1. The van der Waals surface area contributed by atoms with Crippen LogP contribution in [0.25, 0.3) is 11.1 Å². The largest absolute Gasteiger partial charge is 0.388 e. The van der Waals surface area contributed by atoms with Crippen LogP contribution in [0.15, 0.2) is 61.2 Å². The summed E-state index contributed by atoms with van der Waals surface area (Å²) < 4.78 is 15.0. The Morgan fingerprint density at radius 2 is 1.57 bits per heavy atom. The first-order valence-corrected chi connectivity index (χ1v) is 10.3. The van der Waals surface area contributed by atoms with Gasteiger partial charge in [-0.15, -0.1) is 0 Å². The molecule has 2 aromatic rings. The highest BCUT2D eigenvalue weighted by Gasteiger charge is 2.08. The Hall–Kier alpha value is -2.61. The monoisotopic (exact) mass is 415 g/mol. The van der Waals surface area contributed by atoms with E-state index in [4.69, 9.17) is 9.47 Å². The van der Waals surface area contributed by atoms with Crippen LogP contribution in [-0.2, 0) is 27.4 Å². The van der Waals surface area contributed by atoms with Gasteiger partial charge in [0, 0.05) is 36.4 Å². The first-order chi connectivity index (χ1) is 14.5. The number of nitrogens with one attached hydrogen (secondary N) is 1. The summed E-state index contributed by atoms with van der Waals surface area (Å²) in [5, 5.41) is 12.5. The maximum Gasteiger partial charge on any atom is 0.246 e. The van der Waals surface area contributed by atoms with Crippen LogP contribution in [0.4, 0.5) is 0 Å². The van der Waals surface area contributed by atoms with Gasteiger partial charge in [0.2, 0.25) is 5.91 Å². The predicted molar refractivity (Wildman–Crippen MR) is 113 cm³/mol. The van der Waals surface area contributed by atoms with Crippen LogP contribution in [0.1, 0.15) is 13.8 Å². The molecule has 2 aromatic heterocycles. The minimum absolute atomic E-state index is 0.167. The summed E-state index contributed by atoms with van der Waals surface area (Å²) in [7, 11) is 0. The highest BCUT2D eigenvalue weighted by Crippen LogP contribution is 2.15. The van der Waals surface area contributed by atoms with E-state index >= 15 is 0 Å². The van der Waals surface area contributed by atoms with E-state index < -0.39 is 6.10 Å². The Bertz CT molecular complexity index is 791. The molecule has 0 fully saturated rings. The van der Waals surface area contributed by atoms with E-state index in [1.54, 1.807) is 6.92 Å². The first-order valence-electron chi connectivity index (χ1n) is 10.3. The van der Waals surface area contributed by atoms with Crippen molar-refractivity contribution in [1.82, 2.24) is 5.32 Å². The number of aliphatic hydroxyl groups excluding tert-OH is 1. The number of aliphatic hydroxyl groups is 1. The number of aromatic nitrogens is 2. The van der Waals surface area contributed by atoms with Gasteiger partial charge in [-0.05, 0) is 25.0 Å². The van der Waals surface area contributed by atoms with Crippen molar-refractivity contribution in [3.8, 4) is 11.1 Å². The highest BCUT2D eigenvalue weighted by atomic mass is 16.5. The second kappa shape index (κ2) is 12.8. The van der Waals surface area contributed by atoms with Gasteiger partial charge in [-0.25, -0.2) is 9.13 Å². The van der Waals surface area contributed by atoms with Gasteiger partial charge >= 0.3 is 0 Å². The Balaban J connectivity index is 1.59. The van der Waals surface area contributed by atoms with Crippen molar-refractivity contribution in [1.29, 1.82) is 0 Å². The third-order valence-corrected chi connectivity index (χ3v) is 4.51. The quantitative estimate of drug-likeness (QED) is 0.291. The van der Waals surface area contributed by atoms with Crippen molar-refractivity contribution in [3.63, 3.8) is 0 Å². The molecule has 0 bridgehead atoms. The summed E-state index contributed by atoms with van der Waals surface area (Å²) in [6.45, 7) is 10.6. The van der Waals surface area contributed by atoms with E-state index in [9.17, 15) is 9.90 Å². The molecule has 7 nitrogen and oxygen atoms in total. The van der Waals surface area contributed by atoms with Crippen LogP contribution in [0.5, 0.6) is 0 Å². The highest BCUT2D eigenvalue weighted by molar-refractivity contribution is 5.92. The number of ether oxygens (including phenoxy) is 2. The number of amides is 1. The number of rotatable bonds is 13. The van der Waals surface area contributed by atoms with Crippen molar-refractivity contribution < 1.29 is 28.5 Å².